The summed E-state index contributed by atoms with van der Waals surface area (Å²) in [6.45, 7) is 3.88. The smallest absolute Gasteiger partial charge is 0.0629 e. The number of hydrogen-bond acceptors (Lipinski definition) is 2. The Morgan fingerprint density at radius 2 is 1.61 bits per heavy atom. The van der Waals surface area contributed by atoms with Crippen molar-refractivity contribution in [1.29, 1.82) is 0 Å². The average molecular weight is 248 g/mol. The molecule has 0 spiro atoms. The van der Waals surface area contributed by atoms with Gasteiger partial charge >= 0.3 is 0 Å². The molecule has 0 saturated carbocycles. The third-order valence-corrected chi connectivity index (χ3v) is 6.14. The van der Waals surface area contributed by atoms with Gasteiger partial charge in [0.1, 0.15) is 0 Å². The number of fused-ring (bicyclic) bond motifs is 2. The van der Waals surface area contributed by atoms with Gasteiger partial charge in [-0.1, -0.05) is 13.3 Å². The summed E-state index contributed by atoms with van der Waals surface area (Å²) in [4.78, 5) is 5.88. The number of nitrogens with zero attached hydrogens (tertiary/aromatic N) is 2. The van der Waals surface area contributed by atoms with Gasteiger partial charge in [0.15, 0.2) is 0 Å². The maximum Gasteiger partial charge on any atom is 0.0629 e. The number of piperidine rings is 3. The van der Waals surface area contributed by atoms with Crippen LogP contribution in [0.2, 0.25) is 0 Å². The van der Waals surface area contributed by atoms with E-state index in [0.29, 0.717) is 0 Å². The summed E-state index contributed by atoms with van der Waals surface area (Å²) in [5, 5.41) is 0. The number of rotatable bonds is 0. The van der Waals surface area contributed by atoms with Gasteiger partial charge in [0.2, 0.25) is 0 Å². The molecule has 0 aromatic rings. The summed E-state index contributed by atoms with van der Waals surface area (Å²) >= 11 is 0. The van der Waals surface area contributed by atoms with Crippen molar-refractivity contribution in [3.8, 4) is 0 Å². The van der Waals surface area contributed by atoms with Gasteiger partial charge in [0.25, 0.3) is 0 Å². The summed E-state index contributed by atoms with van der Waals surface area (Å²) in [5.74, 6) is 0.977. The first-order valence-corrected chi connectivity index (χ1v) is 8.36. The average Bonchev–Trinajstić information content (AvgIpc) is 2.38. The van der Waals surface area contributed by atoms with Crippen LogP contribution in [0.1, 0.15) is 64.7 Å². The monoisotopic (exact) mass is 248 g/mol. The van der Waals surface area contributed by atoms with E-state index in [0.717, 1.165) is 30.2 Å². The van der Waals surface area contributed by atoms with Crippen LogP contribution in [0.3, 0.4) is 0 Å². The van der Waals surface area contributed by atoms with Crippen LogP contribution in [0.4, 0.5) is 0 Å². The fourth-order valence-corrected chi connectivity index (χ4v) is 5.54. The van der Waals surface area contributed by atoms with E-state index in [1.807, 2.05) is 0 Å². The van der Waals surface area contributed by atoms with E-state index in [-0.39, 0.29) is 0 Å². The minimum absolute atomic E-state index is 0.834. The molecule has 18 heavy (non-hydrogen) atoms. The SMILES string of the molecule is CC1CC2CCC[C@H]3N4CCCCC4CC(C1)N23. The van der Waals surface area contributed by atoms with Crippen LogP contribution in [-0.2, 0) is 0 Å². The highest BCUT2D eigenvalue weighted by atomic mass is 15.4. The van der Waals surface area contributed by atoms with Gasteiger partial charge in [-0.25, -0.2) is 0 Å². The van der Waals surface area contributed by atoms with Crippen molar-refractivity contribution in [3.63, 3.8) is 0 Å². The highest BCUT2D eigenvalue weighted by Crippen LogP contribution is 2.44. The van der Waals surface area contributed by atoms with Gasteiger partial charge < -0.3 is 0 Å². The Hall–Kier alpha value is -0.0800. The predicted octanol–water partition coefficient (Wildman–Crippen LogP) is 3.22. The Bertz CT molecular complexity index is 316. The third-order valence-electron chi connectivity index (χ3n) is 6.14. The maximum atomic E-state index is 2.98. The van der Waals surface area contributed by atoms with Crippen molar-refractivity contribution >= 4 is 0 Å². The molecule has 0 amide bonds. The molecule has 4 heterocycles. The second kappa shape index (κ2) is 4.49. The van der Waals surface area contributed by atoms with E-state index in [9.17, 15) is 0 Å². The molecule has 0 aromatic carbocycles. The Balaban J connectivity index is 1.62. The van der Waals surface area contributed by atoms with Crippen LogP contribution in [0.15, 0.2) is 0 Å². The van der Waals surface area contributed by atoms with Crippen molar-refractivity contribution in [2.45, 2.75) is 89.0 Å². The molecule has 4 rings (SSSR count). The molecular weight excluding hydrogens is 220 g/mol. The molecule has 2 heteroatoms. The Kier molecular flexibility index (Phi) is 2.92. The second-order valence-corrected chi connectivity index (χ2v) is 7.37. The zero-order chi connectivity index (χ0) is 12.1. The van der Waals surface area contributed by atoms with Gasteiger partial charge in [-0.2, -0.15) is 0 Å². The van der Waals surface area contributed by atoms with E-state index >= 15 is 0 Å². The molecule has 4 unspecified atom stereocenters. The lowest BCUT2D eigenvalue weighted by molar-refractivity contribution is -0.144. The standard InChI is InChI=1S/C16H28N2/c1-12-9-14-6-4-7-16-17-8-3-2-5-13(17)11-15(10-12)18(14)16/h12-16H,2-11H2,1H3/t12?,13?,14?,15?,16-/m0/s1. The van der Waals surface area contributed by atoms with Crippen LogP contribution in [-0.4, -0.2) is 40.6 Å². The molecule has 102 valence electrons. The summed E-state index contributed by atoms with van der Waals surface area (Å²) in [6.07, 6.45) is 14.1. The number of hydrogen-bond donors (Lipinski definition) is 0. The van der Waals surface area contributed by atoms with Crippen molar-refractivity contribution < 1.29 is 0 Å². The quantitative estimate of drug-likeness (QED) is 0.649. The first-order chi connectivity index (χ1) is 8.83. The zero-order valence-corrected chi connectivity index (χ0v) is 11.9. The zero-order valence-electron chi connectivity index (χ0n) is 11.9. The van der Waals surface area contributed by atoms with E-state index < -0.39 is 0 Å². The highest BCUT2D eigenvalue weighted by Gasteiger charge is 2.48. The van der Waals surface area contributed by atoms with Crippen LogP contribution < -0.4 is 0 Å². The molecular formula is C16H28N2. The Labute approximate surface area is 112 Å². The molecule has 4 aliphatic heterocycles. The molecule has 0 aromatic heterocycles. The minimum Gasteiger partial charge on any atom is -0.285 e. The fourth-order valence-electron chi connectivity index (χ4n) is 5.54. The van der Waals surface area contributed by atoms with E-state index in [2.05, 4.69) is 16.7 Å². The topological polar surface area (TPSA) is 6.48 Å². The summed E-state index contributed by atoms with van der Waals surface area (Å²) < 4.78 is 0. The third kappa shape index (κ3) is 1.76. The van der Waals surface area contributed by atoms with E-state index in [1.54, 1.807) is 0 Å². The predicted molar refractivity (Wildman–Crippen MR) is 74.4 cm³/mol. The Morgan fingerprint density at radius 3 is 2.56 bits per heavy atom. The molecule has 5 atom stereocenters. The summed E-state index contributed by atoms with van der Waals surface area (Å²) in [7, 11) is 0. The lowest BCUT2D eigenvalue weighted by Gasteiger charge is -2.61. The van der Waals surface area contributed by atoms with Gasteiger partial charge in [-0.15, -0.1) is 0 Å². The molecule has 2 nitrogen and oxygen atoms in total. The minimum atomic E-state index is 0.834. The summed E-state index contributed by atoms with van der Waals surface area (Å²) in [6, 6.07) is 2.80. The fraction of sp³-hybridized carbons (Fsp3) is 1.00. The van der Waals surface area contributed by atoms with Crippen LogP contribution in [0.5, 0.6) is 0 Å². The van der Waals surface area contributed by atoms with Gasteiger partial charge in [0, 0.05) is 18.1 Å². The highest BCUT2D eigenvalue weighted by molar-refractivity contribution is 5.01. The van der Waals surface area contributed by atoms with Crippen LogP contribution >= 0.6 is 0 Å². The Morgan fingerprint density at radius 1 is 0.778 bits per heavy atom. The molecule has 4 aliphatic rings. The van der Waals surface area contributed by atoms with Gasteiger partial charge in [0.05, 0.1) is 6.17 Å². The lowest BCUT2D eigenvalue weighted by Crippen LogP contribution is -2.68. The van der Waals surface area contributed by atoms with Crippen LogP contribution in [0.25, 0.3) is 0 Å². The van der Waals surface area contributed by atoms with E-state index in [1.165, 1.54) is 64.3 Å². The normalized spacial score (nSPS) is 49.5. The van der Waals surface area contributed by atoms with Gasteiger partial charge in [-0.3, -0.25) is 9.80 Å². The van der Waals surface area contributed by atoms with Crippen molar-refractivity contribution in [1.82, 2.24) is 9.80 Å². The van der Waals surface area contributed by atoms with E-state index in [4.69, 9.17) is 0 Å². The lowest BCUT2D eigenvalue weighted by atomic mass is 9.76. The molecule has 4 fully saturated rings. The maximum absolute atomic E-state index is 2.98. The molecule has 0 radical (unpaired) electrons. The molecule has 0 N–H and O–H groups in total. The van der Waals surface area contributed by atoms with Crippen molar-refractivity contribution in [2.75, 3.05) is 6.54 Å². The first kappa shape index (κ1) is 11.7. The van der Waals surface area contributed by atoms with Crippen molar-refractivity contribution in [2.24, 2.45) is 5.92 Å². The second-order valence-electron chi connectivity index (χ2n) is 7.37. The molecule has 4 saturated heterocycles. The van der Waals surface area contributed by atoms with Gasteiger partial charge in [-0.05, 0) is 63.8 Å². The molecule has 0 aliphatic carbocycles. The molecule has 0 bridgehead atoms. The van der Waals surface area contributed by atoms with Crippen LogP contribution in [0, 0.1) is 5.92 Å². The summed E-state index contributed by atoms with van der Waals surface area (Å²) in [5.41, 5.74) is 0. The van der Waals surface area contributed by atoms with Crippen molar-refractivity contribution in [3.05, 3.63) is 0 Å². The largest absolute Gasteiger partial charge is 0.285 e. The first-order valence-electron chi connectivity index (χ1n) is 8.36.